The van der Waals surface area contributed by atoms with Crippen LogP contribution in [0, 0.1) is 13.8 Å². The number of hydrogen-bond donors (Lipinski definition) is 1. The highest BCUT2D eigenvalue weighted by Crippen LogP contribution is 2.45. The number of amides is 1. The first-order valence-electron chi connectivity index (χ1n) is 12.5. The smallest absolute Gasteiger partial charge is 0.301 e. The lowest BCUT2D eigenvalue weighted by Gasteiger charge is -2.23. The Hall–Kier alpha value is -3.68. The Bertz CT molecular complexity index is 1580. The van der Waals surface area contributed by atoms with E-state index in [0.717, 1.165) is 34.2 Å². The van der Waals surface area contributed by atoms with Gasteiger partial charge in [0.25, 0.3) is 5.78 Å². The van der Waals surface area contributed by atoms with Gasteiger partial charge in [0.15, 0.2) is 5.13 Å². The van der Waals surface area contributed by atoms with E-state index in [1.54, 1.807) is 48.5 Å². The number of hydrogen-bond acceptors (Lipinski definition) is 6. The second-order valence-corrected chi connectivity index (χ2v) is 10.8. The van der Waals surface area contributed by atoms with Crippen molar-refractivity contribution in [1.29, 1.82) is 0 Å². The average molecular weight is 547 g/mol. The zero-order valence-corrected chi connectivity index (χ0v) is 22.9. The quantitative estimate of drug-likeness (QED) is 0.113. The Balaban J connectivity index is 1.66. The van der Waals surface area contributed by atoms with Gasteiger partial charge in [-0.2, -0.15) is 0 Å². The van der Waals surface area contributed by atoms with Crippen molar-refractivity contribution in [3.63, 3.8) is 0 Å². The number of rotatable bonds is 7. The average Bonchev–Trinajstić information content (AvgIpc) is 3.43. The molecule has 4 aromatic rings. The maximum atomic E-state index is 13.5. The van der Waals surface area contributed by atoms with Crippen LogP contribution in [0.15, 0.2) is 66.2 Å². The zero-order chi connectivity index (χ0) is 27.0. The molecule has 8 heteroatoms. The second kappa shape index (κ2) is 10.6. The van der Waals surface area contributed by atoms with Crippen molar-refractivity contribution < 1.29 is 19.4 Å². The number of aromatic nitrogens is 1. The minimum absolute atomic E-state index is 0.00445. The Morgan fingerprint density at radius 2 is 1.87 bits per heavy atom. The molecule has 0 bridgehead atoms. The lowest BCUT2D eigenvalue weighted by Crippen LogP contribution is -2.29. The van der Waals surface area contributed by atoms with Crippen molar-refractivity contribution in [3.05, 3.63) is 93.5 Å². The van der Waals surface area contributed by atoms with Crippen molar-refractivity contribution in [2.24, 2.45) is 0 Å². The molecule has 2 heterocycles. The summed E-state index contributed by atoms with van der Waals surface area (Å²) in [4.78, 5) is 33.2. The maximum absolute atomic E-state index is 13.5. The molecule has 1 fully saturated rings. The van der Waals surface area contributed by atoms with Gasteiger partial charge < -0.3 is 9.84 Å². The zero-order valence-electron chi connectivity index (χ0n) is 21.3. The van der Waals surface area contributed by atoms with E-state index in [0.29, 0.717) is 33.6 Å². The second-order valence-electron chi connectivity index (χ2n) is 9.38. The van der Waals surface area contributed by atoms with Crippen LogP contribution in [0.5, 0.6) is 5.75 Å². The number of ether oxygens (including phenoxy) is 1. The fourth-order valence-corrected chi connectivity index (χ4v) is 5.97. The summed E-state index contributed by atoms with van der Waals surface area (Å²) in [6.07, 6.45) is 1.90. The largest absolute Gasteiger partial charge is 0.507 e. The van der Waals surface area contributed by atoms with Crippen LogP contribution in [-0.2, 0) is 9.59 Å². The first-order valence-corrected chi connectivity index (χ1v) is 13.7. The normalized spacial score (nSPS) is 16.9. The number of anilines is 1. The van der Waals surface area contributed by atoms with E-state index < -0.39 is 17.7 Å². The molecule has 194 valence electrons. The summed E-state index contributed by atoms with van der Waals surface area (Å²) in [6, 6.07) is 17.0. The molecule has 3 aromatic carbocycles. The number of carbonyl (C=O) groups is 2. The minimum Gasteiger partial charge on any atom is -0.507 e. The SMILES string of the molecule is CCCCOc1cccc(C(O)=C2C(=O)C(=O)N(c3nc4c(C)cc(C)cc4s3)C2c2ccc(Cl)cc2)c1. The number of aryl methyl sites for hydroxylation is 2. The van der Waals surface area contributed by atoms with Crippen molar-refractivity contribution in [2.45, 2.75) is 39.7 Å². The van der Waals surface area contributed by atoms with Gasteiger partial charge in [-0.1, -0.05) is 66.6 Å². The molecule has 1 unspecified atom stereocenters. The summed E-state index contributed by atoms with van der Waals surface area (Å²) in [6.45, 7) is 6.60. The van der Waals surface area contributed by atoms with Crippen molar-refractivity contribution in [1.82, 2.24) is 4.98 Å². The summed E-state index contributed by atoms with van der Waals surface area (Å²) < 4.78 is 6.72. The Morgan fingerprint density at radius 1 is 1.11 bits per heavy atom. The lowest BCUT2D eigenvalue weighted by atomic mass is 9.95. The van der Waals surface area contributed by atoms with Gasteiger partial charge in [-0.05, 0) is 67.3 Å². The fourth-order valence-electron chi connectivity index (χ4n) is 4.68. The van der Waals surface area contributed by atoms with Crippen LogP contribution in [-0.4, -0.2) is 28.4 Å². The van der Waals surface area contributed by atoms with Gasteiger partial charge in [0.1, 0.15) is 11.5 Å². The Labute approximate surface area is 230 Å². The van der Waals surface area contributed by atoms with E-state index in [1.807, 2.05) is 26.0 Å². The predicted octanol–water partition coefficient (Wildman–Crippen LogP) is 7.37. The topological polar surface area (TPSA) is 79.7 Å². The molecule has 0 saturated carbocycles. The van der Waals surface area contributed by atoms with E-state index in [2.05, 4.69) is 6.92 Å². The monoisotopic (exact) mass is 546 g/mol. The minimum atomic E-state index is -0.876. The van der Waals surface area contributed by atoms with Gasteiger partial charge in [-0.15, -0.1) is 0 Å². The molecule has 5 rings (SSSR count). The molecule has 6 nitrogen and oxygen atoms in total. The molecule has 1 saturated heterocycles. The number of Topliss-reactive ketones (excluding diaryl/α,β-unsaturated/α-hetero) is 1. The van der Waals surface area contributed by atoms with Crippen LogP contribution < -0.4 is 9.64 Å². The van der Waals surface area contributed by atoms with E-state index in [-0.39, 0.29) is 11.3 Å². The Morgan fingerprint density at radius 3 is 2.61 bits per heavy atom. The Kier molecular flexibility index (Phi) is 7.23. The molecule has 1 aromatic heterocycles. The van der Waals surface area contributed by atoms with E-state index in [4.69, 9.17) is 21.3 Å². The molecule has 0 spiro atoms. The first kappa shape index (κ1) is 25.9. The summed E-state index contributed by atoms with van der Waals surface area (Å²) in [5, 5.41) is 12.4. The van der Waals surface area contributed by atoms with Crippen molar-refractivity contribution in [2.75, 3.05) is 11.5 Å². The highest BCUT2D eigenvalue weighted by molar-refractivity contribution is 7.22. The van der Waals surface area contributed by atoms with E-state index in [1.165, 1.54) is 16.2 Å². The number of carbonyl (C=O) groups excluding carboxylic acids is 2. The fraction of sp³-hybridized carbons (Fsp3) is 0.233. The van der Waals surface area contributed by atoms with Crippen LogP contribution in [0.25, 0.3) is 16.0 Å². The summed E-state index contributed by atoms with van der Waals surface area (Å²) >= 11 is 7.49. The van der Waals surface area contributed by atoms with E-state index in [9.17, 15) is 14.7 Å². The number of aliphatic hydroxyl groups is 1. The maximum Gasteiger partial charge on any atom is 0.301 e. The predicted molar refractivity (Wildman–Crippen MR) is 152 cm³/mol. The molecular formula is C30H27ClN2O4S. The molecule has 1 aliphatic heterocycles. The summed E-state index contributed by atoms with van der Waals surface area (Å²) in [5.74, 6) is -1.20. The van der Waals surface area contributed by atoms with E-state index >= 15 is 0 Å². The third-order valence-electron chi connectivity index (χ3n) is 6.53. The highest BCUT2D eigenvalue weighted by atomic mass is 35.5. The van der Waals surface area contributed by atoms with Gasteiger partial charge in [-0.3, -0.25) is 14.5 Å². The number of aliphatic hydroxyl groups excluding tert-OH is 1. The number of ketones is 1. The number of unbranched alkanes of at least 4 members (excludes halogenated alkanes) is 1. The molecular weight excluding hydrogens is 520 g/mol. The number of thiazole rings is 1. The standard InChI is InChI=1S/C30H27ClN2O4S/c1-4-5-13-37-22-8-6-7-20(16-22)27(34)24-26(19-9-11-21(31)12-10-19)33(29(36)28(24)35)30-32-25-18(3)14-17(2)15-23(25)38-30/h6-12,14-16,26,34H,4-5,13H2,1-3H3. The highest BCUT2D eigenvalue weighted by Gasteiger charge is 2.48. The first-order chi connectivity index (χ1) is 18.3. The third-order valence-corrected chi connectivity index (χ3v) is 7.78. The van der Waals surface area contributed by atoms with Gasteiger partial charge in [0.05, 0.1) is 28.4 Å². The van der Waals surface area contributed by atoms with Crippen LogP contribution in [0.3, 0.4) is 0 Å². The molecule has 1 atom stereocenters. The number of benzene rings is 3. The molecule has 38 heavy (non-hydrogen) atoms. The molecule has 1 N–H and O–H groups in total. The molecule has 1 aliphatic rings. The number of fused-ring (bicyclic) bond motifs is 1. The molecule has 0 aliphatic carbocycles. The van der Waals surface area contributed by atoms with Gasteiger partial charge in [0, 0.05) is 10.6 Å². The van der Waals surface area contributed by atoms with Crippen LogP contribution >= 0.6 is 22.9 Å². The van der Waals surface area contributed by atoms with Crippen molar-refractivity contribution >= 4 is 55.7 Å². The summed E-state index contributed by atoms with van der Waals surface area (Å²) in [7, 11) is 0. The van der Waals surface area contributed by atoms with Crippen LogP contribution in [0.2, 0.25) is 5.02 Å². The molecule has 1 amide bonds. The van der Waals surface area contributed by atoms with Crippen molar-refractivity contribution in [3.8, 4) is 5.75 Å². The van der Waals surface area contributed by atoms with Crippen LogP contribution in [0.1, 0.15) is 48.1 Å². The molecule has 0 radical (unpaired) electrons. The summed E-state index contributed by atoms with van der Waals surface area (Å²) in [5.41, 5.74) is 3.88. The van der Waals surface area contributed by atoms with Gasteiger partial charge >= 0.3 is 5.91 Å². The van der Waals surface area contributed by atoms with Gasteiger partial charge in [-0.25, -0.2) is 4.98 Å². The van der Waals surface area contributed by atoms with Gasteiger partial charge in [0.2, 0.25) is 0 Å². The number of nitrogens with zero attached hydrogens (tertiary/aromatic N) is 2. The van der Waals surface area contributed by atoms with Crippen LogP contribution in [0.4, 0.5) is 5.13 Å². The lowest BCUT2D eigenvalue weighted by molar-refractivity contribution is -0.132. The number of halogens is 1. The third kappa shape index (κ3) is 4.79.